The van der Waals surface area contributed by atoms with Gasteiger partial charge in [0.15, 0.2) is 5.82 Å². The first kappa shape index (κ1) is 14.0. The van der Waals surface area contributed by atoms with Crippen LogP contribution in [0.3, 0.4) is 0 Å². The molecule has 0 saturated heterocycles. The van der Waals surface area contributed by atoms with Gasteiger partial charge in [0, 0.05) is 27.9 Å². The Morgan fingerprint density at radius 1 is 0.955 bits per heavy atom. The van der Waals surface area contributed by atoms with Crippen LogP contribution in [0.15, 0.2) is 24.3 Å². The van der Waals surface area contributed by atoms with Crippen molar-refractivity contribution in [2.45, 2.75) is 51.0 Å². The lowest BCUT2D eigenvalue weighted by Crippen LogP contribution is -2.17. The van der Waals surface area contributed by atoms with Crippen molar-refractivity contribution in [3.05, 3.63) is 40.5 Å². The highest BCUT2D eigenvalue weighted by atomic mass is 35.5. The van der Waals surface area contributed by atoms with Gasteiger partial charge in [-0.05, 0) is 56.4 Å². The highest BCUT2D eigenvalue weighted by Crippen LogP contribution is 2.31. The number of aryl methyl sites for hydroxylation is 1. The molecular formula is C18H20ClN3. The summed E-state index contributed by atoms with van der Waals surface area (Å²) in [6.07, 6.45) is 8.53. The molecule has 1 fully saturated rings. The molecule has 2 aromatic rings. The summed E-state index contributed by atoms with van der Waals surface area (Å²) in [4.78, 5) is 9.64. The van der Waals surface area contributed by atoms with Gasteiger partial charge in [-0.25, -0.2) is 9.97 Å². The molecule has 3 nitrogen and oxygen atoms in total. The van der Waals surface area contributed by atoms with Crippen molar-refractivity contribution in [1.29, 1.82) is 0 Å². The molecule has 1 aromatic heterocycles. The summed E-state index contributed by atoms with van der Waals surface area (Å²) in [6, 6.07) is 8.38. The molecule has 2 aliphatic rings. The summed E-state index contributed by atoms with van der Waals surface area (Å²) >= 11 is 5.98. The van der Waals surface area contributed by atoms with E-state index in [9.17, 15) is 0 Å². The molecule has 22 heavy (non-hydrogen) atoms. The minimum absolute atomic E-state index is 0.581. The van der Waals surface area contributed by atoms with Crippen LogP contribution in [0.5, 0.6) is 0 Å². The Kier molecular flexibility index (Phi) is 3.75. The van der Waals surface area contributed by atoms with Gasteiger partial charge < -0.3 is 5.32 Å². The minimum atomic E-state index is 0.581. The normalized spacial score (nSPS) is 17.7. The second kappa shape index (κ2) is 5.88. The number of halogens is 1. The lowest BCUT2D eigenvalue weighted by molar-refractivity contribution is 0.747. The van der Waals surface area contributed by atoms with Crippen LogP contribution in [0.1, 0.15) is 43.4 Å². The molecule has 1 N–H and O–H groups in total. The van der Waals surface area contributed by atoms with Crippen molar-refractivity contribution in [2.24, 2.45) is 0 Å². The first-order valence-corrected chi connectivity index (χ1v) is 8.60. The largest absolute Gasteiger partial charge is 0.367 e. The van der Waals surface area contributed by atoms with E-state index in [1.165, 1.54) is 43.4 Å². The predicted molar refractivity (Wildman–Crippen MR) is 90.4 cm³/mol. The van der Waals surface area contributed by atoms with Crippen molar-refractivity contribution in [3.63, 3.8) is 0 Å². The highest BCUT2D eigenvalue weighted by Gasteiger charge is 2.23. The molecular weight excluding hydrogens is 294 g/mol. The third kappa shape index (κ3) is 2.70. The van der Waals surface area contributed by atoms with Crippen LogP contribution in [0.25, 0.3) is 11.4 Å². The summed E-state index contributed by atoms with van der Waals surface area (Å²) in [5, 5.41) is 4.43. The molecule has 2 aliphatic carbocycles. The fraction of sp³-hybridized carbons (Fsp3) is 0.444. The van der Waals surface area contributed by atoms with Crippen LogP contribution in [-0.2, 0) is 12.8 Å². The maximum absolute atomic E-state index is 5.98. The summed E-state index contributed by atoms with van der Waals surface area (Å²) < 4.78 is 0. The van der Waals surface area contributed by atoms with Gasteiger partial charge in [0.25, 0.3) is 0 Å². The fourth-order valence-electron chi connectivity index (χ4n) is 3.54. The summed E-state index contributed by atoms with van der Waals surface area (Å²) in [5.74, 6) is 1.89. The molecule has 114 valence electrons. The molecule has 0 radical (unpaired) electrons. The quantitative estimate of drug-likeness (QED) is 0.897. The number of nitrogens with one attached hydrogen (secondary N) is 1. The van der Waals surface area contributed by atoms with Gasteiger partial charge in [-0.15, -0.1) is 0 Å². The first-order chi connectivity index (χ1) is 10.8. The molecule has 1 saturated carbocycles. The topological polar surface area (TPSA) is 37.8 Å². The average molecular weight is 314 g/mol. The summed E-state index contributed by atoms with van der Waals surface area (Å²) in [6.45, 7) is 0. The number of nitrogens with zero attached hydrogens (tertiary/aromatic N) is 2. The zero-order valence-corrected chi connectivity index (χ0v) is 13.4. The molecule has 0 spiro atoms. The predicted octanol–water partition coefficient (Wildman–Crippen LogP) is 4.64. The number of anilines is 1. The molecule has 1 heterocycles. The van der Waals surface area contributed by atoms with E-state index in [4.69, 9.17) is 21.6 Å². The van der Waals surface area contributed by atoms with Gasteiger partial charge in [-0.2, -0.15) is 0 Å². The molecule has 4 heteroatoms. The number of aromatic nitrogens is 2. The first-order valence-electron chi connectivity index (χ1n) is 8.22. The van der Waals surface area contributed by atoms with E-state index < -0.39 is 0 Å². The standard InChI is InChI=1S/C18H20ClN3/c19-13-10-8-12(9-11-13)17-21-16-7-3-6-15(16)18(22-17)20-14-4-1-2-5-14/h8-11,14H,1-7H2,(H,20,21,22). The number of rotatable bonds is 3. The number of fused-ring (bicyclic) bond motifs is 1. The summed E-state index contributed by atoms with van der Waals surface area (Å²) in [7, 11) is 0. The van der Waals surface area contributed by atoms with Gasteiger partial charge in [-0.1, -0.05) is 24.4 Å². The summed E-state index contributed by atoms with van der Waals surface area (Å²) in [5.41, 5.74) is 3.60. The van der Waals surface area contributed by atoms with Crippen LogP contribution < -0.4 is 5.32 Å². The molecule has 0 bridgehead atoms. The van der Waals surface area contributed by atoms with Crippen LogP contribution in [0.4, 0.5) is 5.82 Å². The maximum atomic E-state index is 5.98. The Balaban J connectivity index is 1.71. The van der Waals surface area contributed by atoms with Crippen LogP contribution in [0, 0.1) is 0 Å². The number of hydrogen-bond donors (Lipinski definition) is 1. The fourth-order valence-corrected chi connectivity index (χ4v) is 3.67. The maximum Gasteiger partial charge on any atom is 0.161 e. The Labute approximate surface area is 136 Å². The third-order valence-corrected chi connectivity index (χ3v) is 4.98. The number of hydrogen-bond acceptors (Lipinski definition) is 3. The van der Waals surface area contributed by atoms with Crippen molar-refractivity contribution >= 4 is 17.4 Å². The Hall–Kier alpha value is -1.61. The highest BCUT2D eigenvalue weighted by molar-refractivity contribution is 6.30. The van der Waals surface area contributed by atoms with E-state index in [-0.39, 0.29) is 0 Å². The van der Waals surface area contributed by atoms with E-state index in [1.807, 2.05) is 24.3 Å². The van der Waals surface area contributed by atoms with Gasteiger partial charge in [0.1, 0.15) is 5.82 Å². The molecule has 4 rings (SSSR count). The molecule has 0 unspecified atom stereocenters. The smallest absolute Gasteiger partial charge is 0.161 e. The second-order valence-corrected chi connectivity index (χ2v) is 6.74. The zero-order valence-electron chi connectivity index (χ0n) is 12.6. The molecule has 0 amide bonds. The Morgan fingerprint density at radius 3 is 2.50 bits per heavy atom. The van der Waals surface area contributed by atoms with E-state index in [0.717, 1.165) is 35.1 Å². The van der Waals surface area contributed by atoms with Gasteiger partial charge in [0.2, 0.25) is 0 Å². The van der Waals surface area contributed by atoms with Crippen LogP contribution >= 0.6 is 11.6 Å². The Morgan fingerprint density at radius 2 is 1.73 bits per heavy atom. The van der Waals surface area contributed by atoms with E-state index in [1.54, 1.807) is 0 Å². The lowest BCUT2D eigenvalue weighted by atomic mass is 10.1. The van der Waals surface area contributed by atoms with E-state index in [2.05, 4.69) is 5.32 Å². The van der Waals surface area contributed by atoms with Gasteiger partial charge in [0.05, 0.1) is 0 Å². The van der Waals surface area contributed by atoms with Gasteiger partial charge >= 0.3 is 0 Å². The molecule has 1 aromatic carbocycles. The minimum Gasteiger partial charge on any atom is -0.367 e. The van der Waals surface area contributed by atoms with Gasteiger partial charge in [-0.3, -0.25) is 0 Å². The van der Waals surface area contributed by atoms with Crippen molar-refractivity contribution < 1.29 is 0 Å². The number of benzene rings is 1. The molecule has 0 atom stereocenters. The Bertz CT molecular complexity index is 675. The van der Waals surface area contributed by atoms with E-state index >= 15 is 0 Å². The third-order valence-electron chi connectivity index (χ3n) is 4.73. The lowest BCUT2D eigenvalue weighted by Gasteiger charge is -2.16. The van der Waals surface area contributed by atoms with Crippen LogP contribution in [-0.4, -0.2) is 16.0 Å². The van der Waals surface area contributed by atoms with Crippen molar-refractivity contribution in [3.8, 4) is 11.4 Å². The molecule has 0 aliphatic heterocycles. The van der Waals surface area contributed by atoms with Crippen molar-refractivity contribution in [2.75, 3.05) is 5.32 Å². The average Bonchev–Trinajstić information content (AvgIpc) is 3.19. The van der Waals surface area contributed by atoms with Crippen LogP contribution in [0.2, 0.25) is 5.02 Å². The van der Waals surface area contributed by atoms with Crippen molar-refractivity contribution in [1.82, 2.24) is 9.97 Å². The SMILES string of the molecule is Clc1ccc(-c2nc3c(c(NC4CCCC4)n2)CCC3)cc1. The van der Waals surface area contributed by atoms with E-state index in [0.29, 0.717) is 6.04 Å². The monoisotopic (exact) mass is 313 g/mol. The second-order valence-electron chi connectivity index (χ2n) is 6.31. The zero-order chi connectivity index (χ0) is 14.9.